The van der Waals surface area contributed by atoms with Crippen molar-refractivity contribution in [1.29, 1.82) is 0 Å². The second-order valence-corrected chi connectivity index (χ2v) is 4.68. The van der Waals surface area contributed by atoms with Gasteiger partial charge in [0.05, 0.1) is 0 Å². The molecule has 2 N–H and O–H groups in total. The molecule has 0 radical (unpaired) electrons. The van der Waals surface area contributed by atoms with Crippen molar-refractivity contribution in [3.05, 3.63) is 24.8 Å². The third-order valence-corrected chi connectivity index (χ3v) is 3.52. The second-order valence-electron chi connectivity index (χ2n) is 1.89. The first kappa shape index (κ1) is 6.89. The van der Waals surface area contributed by atoms with Gasteiger partial charge in [0.1, 0.15) is 0 Å². The summed E-state index contributed by atoms with van der Waals surface area (Å²) >= 11 is -0.405. The van der Waals surface area contributed by atoms with Gasteiger partial charge in [-0.2, -0.15) is 0 Å². The van der Waals surface area contributed by atoms with Gasteiger partial charge in [-0.15, -0.1) is 0 Å². The molecule has 2 aromatic rings. The Morgan fingerprint density at radius 3 is 1.91 bits per heavy atom. The summed E-state index contributed by atoms with van der Waals surface area (Å²) < 4.78 is 2.12. The molecule has 0 saturated carbocycles. The van der Waals surface area contributed by atoms with Crippen molar-refractivity contribution >= 4 is 28.7 Å². The Hall–Kier alpha value is -0.790. The molecule has 0 unspecified atom stereocenters. The fourth-order valence-corrected chi connectivity index (χ4v) is 2.60. The van der Waals surface area contributed by atoms with E-state index < -0.39 is 20.9 Å². The second kappa shape index (κ2) is 3.07. The van der Waals surface area contributed by atoms with E-state index in [-0.39, 0.29) is 0 Å². The number of imidazole rings is 2. The summed E-state index contributed by atoms with van der Waals surface area (Å²) in [5.74, 6) is 0. The summed E-state index contributed by atoms with van der Waals surface area (Å²) in [7, 11) is 0. The van der Waals surface area contributed by atoms with Gasteiger partial charge < -0.3 is 0 Å². The van der Waals surface area contributed by atoms with Gasteiger partial charge in [-0.1, -0.05) is 0 Å². The maximum absolute atomic E-state index is 4.13. The fourth-order valence-electron chi connectivity index (χ4n) is 0.705. The molecule has 0 aliphatic rings. The molecule has 0 saturated heterocycles. The van der Waals surface area contributed by atoms with E-state index in [1.807, 2.05) is 12.4 Å². The average molecular weight is 262 g/mol. The molecule has 2 rings (SSSR count). The number of nitrogens with one attached hydrogen (secondary N) is 2. The zero-order valence-electron chi connectivity index (χ0n) is 5.61. The van der Waals surface area contributed by atoms with Crippen LogP contribution in [0.3, 0.4) is 0 Å². The SMILES string of the molecule is c1c[nH]c([Te]c2ncc[nH]2)n1. The summed E-state index contributed by atoms with van der Waals surface area (Å²) in [4.78, 5) is 14.4. The number of hydrogen-bond acceptors (Lipinski definition) is 2. The first-order chi connectivity index (χ1) is 5.45. The Bertz CT molecular complexity index is 267. The molecule has 0 fully saturated rings. The van der Waals surface area contributed by atoms with Gasteiger partial charge in [0.2, 0.25) is 0 Å². The van der Waals surface area contributed by atoms with Crippen LogP contribution in [0, 0.1) is 0 Å². The van der Waals surface area contributed by atoms with Crippen molar-refractivity contribution in [1.82, 2.24) is 19.9 Å². The van der Waals surface area contributed by atoms with E-state index in [9.17, 15) is 0 Å². The summed E-state index contributed by atoms with van der Waals surface area (Å²) in [6, 6.07) is 0. The van der Waals surface area contributed by atoms with Crippen molar-refractivity contribution in [3.63, 3.8) is 0 Å². The number of H-pyrrole nitrogens is 2. The van der Waals surface area contributed by atoms with Crippen LogP contribution in [0.5, 0.6) is 0 Å². The molecule has 0 aromatic carbocycles. The maximum atomic E-state index is 4.13. The third kappa shape index (κ3) is 1.62. The molecule has 2 heterocycles. The number of nitrogens with zero attached hydrogens (tertiary/aromatic N) is 2. The van der Waals surface area contributed by atoms with Crippen LogP contribution in [0.1, 0.15) is 0 Å². The molecule has 0 aliphatic carbocycles. The van der Waals surface area contributed by atoms with Crippen molar-refractivity contribution in [2.75, 3.05) is 0 Å². The van der Waals surface area contributed by atoms with Crippen LogP contribution in [0.4, 0.5) is 0 Å². The van der Waals surface area contributed by atoms with Crippen molar-refractivity contribution in [2.24, 2.45) is 0 Å². The molecule has 11 heavy (non-hydrogen) atoms. The first-order valence-corrected chi connectivity index (χ1v) is 5.45. The molecule has 56 valence electrons. The van der Waals surface area contributed by atoms with Gasteiger partial charge in [0, 0.05) is 0 Å². The molecular formula is C6H6N4Te. The molecule has 0 atom stereocenters. The summed E-state index contributed by atoms with van der Waals surface area (Å²) in [5, 5.41) is 0. The molecule has 0 aliphatic heterocycles. The summed E-state index contributed by atoms with van der Waals surface area (Å²) in [6.07, 6.45) is 7.21. The van der Waals surface area contributed by atoms with Gasteiger partial charge >= 0.3 is 73.4 Å². The Morgan fingerprint density at radius 2 is 1.55 bits per heavy atom. The van der Waals surface area contributed by atoms with Gasteiger partial charge in [0.25, 0.3) is 0 Å². The van der Waals surface area contributed by atoms with Crippen LogP contribution < -0.4 is 7.74 Å². The quantitative estimate of drug-likeness (QED) is 0.667. The van der Waals surface area contributed by atoms with Crippen molar-refractivity contribution in [2.45, 2.75) is 0 Å². The number of aromatic nitrogens is 4. The van der Waals surface area contributed by atoms with Gasteiger partial charge in [-0.05, 0) is 0 Å². The van der Waals surface area contributed by atoms with Crippen LogP contribution in [0.15, 0.2) is 24.8 Å². The predicted octanol–water partition coefficient (Wildman–Crippen LogP) is -1.21. The number of hydrogen-bond donors (Lipinski definition) is 2. The Balaban J connectivity index is 2.14. The van der Waals surface area contributed by atoms with E-state index in [2.05, 4.69) is 19.9 Å². The standard InChI is InChI=1S/C6H6N4Te/c1-2-8-5(7-1)11-6-9-3-4-10-6/h1-4H,(H,7,8)(H,9,10). The topological polar surface area (TPSA) is 57.4 Å². The minimum atomic E-state index is -0.405. The Kier molecular flexibility index (Phi) is 1.93. The van der Waals surface area contributed by atoms with Crippen LogP contribution in [-0.2, 0) is 0 Å². The zero-order chi connectivity index (χ0) is 7.52. The van der Waals surface area contributed by atoms with Crippen LogP contribution >= 0.6 is 0 Å². The fraction of sp³-hybridized carbons (Fsp3) is 0. The van der Waals surface area contributed by atoms with Gasteiger partial charge in [0.15, 0.2) is 0 Å². The van der Waals surface area contributed by atoms with Crippen molar-refractivity contribution in [3.8, 4) is 0 Å². The van der Waals surface area contributed by atoms with Crippen molar-refractivity contribution < 1.29 is 0 Å². The van der Waals surface area contributed by atoms with E-state index in [0.717, 1.165) is 7.74 Å². The molecule has 4 nitrogen and oxygen atoms in total. The Morgan fingerprint density at radius 1 is 1.00 bits per heavy atom. The summed E-state index contributed by atoms with van der Waals surface area (Å²) in [5.41, 5.74) is 0. The monoisotopic (exact) mass is 264 g/mol. The van der Waals surface area contributed by atoms with Gasteiger partial charge in [-0.3, -0.25) is 0 Å². The van der Waals surface area contributed by atoms with Crippen LogP contribution in [0.25, 0.3) is 0 Å². The molecule has 0 amide bonds. The van der Waals surface area contributed by atoms with E-state index in [1.165, 1.54) is 0 Å². The molecule has 0 spiro atoms. The zero-order valence-corrected chi connectivity index (χ0v) is 7.94. The van der Waals surface area contributed by atoms with E-state index >= 15 is 0 Å². The first-order valence-electron chi connectivity index (χ1n) is 3.12. The van der Waals surface area contributed by atoms with Crippen LogP contribution in [-0.4, -0.2) is 40.9 Å². The molecule has 5 heteroatoms. The van der Waals surface area contributed by atoms with E-state index in [4.69, 9.17) is 0 Å². The minimum absolute atomic E-state index is 0.405. The normalized spacial score (nSPS) is 10.2. The average Bonchev–Trinajstić information content (AvgIpc) is 2.60. The molecule has 0 bridgehead atoms. The number of aromatic amines is 2. The van der Waals surface area contributed by atoms with E-state index in [1.54, 1.807) is 12.4 Å². The third-order valence-electron chi connectivity index (χ3n) is 1.14. The van der Waals surface area contributed by atoms with Crippen LogP contribution in [0.2, 0.25) is 0 Å². The molecular weight excluding hydrogens is 256 g/mol. The Labute approximate surface area is 73.5 Å². The molecule has 2 aromatic heterocycles. The summed E-state index contributed by atoms with van der Waals surface area (Å²) in [6.45, 7) is 0. The predicted molar refractivity (Wildman–Crippen MR) is 42.2 cm³/mol. The van der Waals surface area contributed by atoms with Gasteiger partial charge in [-0.25, -0.2) is 0 Å². The number of rotatable bonds is 2. The van der Waals surface area contributed by atoms with E-state index in [0.29, 0.717) is 0 Å².